The van der Waals surface area contributed by atoms with Crippen molar-refractivity contribution < 1.29 is 48.1 Å². The standard InChI is InChI=1S/C5H5.C4F6.CO.Mn/c1-2-4-5-3-1;5-1(3(7)8)2(6)4(9)10;1-2;/h1-5H;;;/q-1;;;. The van der Waals surface area contributed by atoms with Gasteiger partial charge in [0.15, 0.2) is 0 Å². The molecule has 1 aromatic carbocycles. The predicted molar refractivity (Wildman–Crippen MR) is 46.7 cm³/mol. The average Bonchev–Trinajstić information content (AvgIpc) is 2.88. The average molecular weight is 310 g/mol. The van der Waals surface area contributed by atoms with Crippen LogP contribution in [0.25, 0.3) is 0 Å². The molecule has 1 nitrogen and oxygen atoms in total. The van der Waals surface area contributed by atoms with Gasteiger partial charge in [0.1, 0.15) is 0 Å². The van der Waals surface area contributed by atoms with Crippen LogP contribution in [0.5, 0.6) is 0 Å². The second-order valence-electron chi connectivity index (χ2n) is 2.11. The molecule has 0 heterocycles. The van der Waals surface area contributed by atoms with Crippen LogP contribution in [0.1, 0.15) is 0 Å². The van der Waals surface area contributed by atoms with Crippen molar-refractivity contribution in [3.8, 4) is 0 Å². The second-order valence-corrected chi connectivity index (χ2v) is 2.11. The third kappa shape index (κ3) is 11.2. The largest absolute Gasteiger partial charge is 0.214 e. The monoisotopic (exact) mass is 310 g/mol. The van der Waals surface area contributed by atoms with Crippen molar-refractivity contribution in [1.29, 1.82) is 0 Å². The van der Waals surface area contributed by atoms with Crippen LogP contribution in [0, 0.1) is 6.65 Å². The molecule has 0 fully saturated rings. The summed E-state index contributed by atoms with van der Waals surface area (Å²) in [5.41, 5.74) is 0. The van der Waals surface area contributed by atoms with Crippen molar-refractivity contribution in [2.24, 2.45) is 0 Å². The van der Waals surface area contributed by atoms with Crippen LogP contribution < -0.4 is 0 Å². The fourth-order valence-electron chi connectivity index (χ4n) is 0.487. The molecule has 0 bridgehead atoms. The van der Waals surface area contributed by atoms with Crippen molar-refractivity contribution in [3.63, 3.8) is 0 Å². The number of rotatable bonds is 1. The molecule has 0 saturated heterocycles. The Bertz CT molecular complexity index is 335. The summed E-state index contributed by atoms with van der Waals surface area (Å²) in [7, 11) is 0. The fraction of sp³-hybridized carbons (Fsp3) is 0. The molecule has 0 atom stereocenters. The number of allylic oxidation sites excluding steroid dienone is 2. The summed E-state index contributed by atoms with van der Waals surface area (Å²) in [5.74, 6) is -5.64. The van der Waals surface area contributed by atoms with E-state index in [1.807, 2.05) is 30.3 Å². The molecule has 1 rings (SSSR count). The van der Waals surface area contributed by atoms with Crippen molar-refractivity contribution in [2.75, 3.05) is 0 Å². The van der Waals surface area contributed by atoms with E-state index in [0.717, 1.165) is 0 Å². The van der Waals surface area contributed by atoms with Gasteiger partial charge in [-0.25, -0.2) is 12.1 Å². The van der Waals surface area contributed by atoms with E-state index in [1.165, 1.54) is 0 Å². The first-order valence-electron chi connectivity index (χ1n) is 3.75. The number of hydrogen-bond donors (Lipinski definition) is 0. The maximum atomic E-state index is 11.4. The Morgan fingerprint density at radius 1 is 0.778 bits per heavy atom. The molecule has 0 aliphatic heterocycles. The first-order valence-corrected chi connectivity index (χ1v) is 3.75. The summed E-state index contributed by atoms with van der Waals surface area (Å²) in [6, 6.07) is 10.0. The molecule has 0 aliphatic rings. The molecule has 8 heteroatoms. The van der Waals surface area contributed by atoms with Crippen LogP contribution in [0.3, 0.4) is 0 Å². The quantitative estimate of drug-likeness (QED) is 0.239. The van der Waals surface area contributed by atoms with E-state index in [2.05, 4.69) is 6.65 Å². The van der Waals surface area contributed by atoms with E-state index in [4.69, 9.17) is 4.65 Å². The van der Waals surface area contributed by atoms with Gasteiger partial charge in [-0.2, -0.15) is 44.5 Å². The minimum atomic E-state index is -3.11. The zero-order valence-electron chi connectivity index (χ0n) is 8.44. The summed E-state index contributed by atoms with van der Waals surface area (Å²) in [4.78, 5) is 0. The molecule has 0 spiro atoms. The van der Waals surface area contributed by atoms with E-state index in [1.54, 1.807) is 0 Å². The van der Waals surface area contributed by atoms with Gasteiger partial charge in [0.05, 0.1) is 0 Å². The molecule has 0 amide bonds. The summed E-state index contributed by atoms with van der Waals surface area (Å²) < 4.78 is 74.0. The van der Waals surface area contributed by atoms with E-state index in [9.17, 15) is 26.3 Å². The molecule has 101 valence electrons. The Morgan fingerprint density at radius 3 is 1.17 bits per heavy atom. The third-order valence-corrected chi connectivity index (χ3v) is 1.08. The normalized spacial score (nSPS) is 7.33. The van der Waals surface area contributed by atoms with Gasteiger partial charge < -0.3 is 0 Å². The third-order valence-electron chi connectivity index (χ3n) is 1.08. The molecular formula is C10H5F6MnO-. The molecule has 0 aliphatic carbocycles. The van der Waals surface area contributed by atoms with Crippen molar-refractivity contribution in [1.82, 2.24) is 0 Å². The smallest absolute Gasteiger partial charge is 0 e. The Kier molecular flexibility index (Phi) is 16.7. The Labute approximate surface area is 109 Å². The van der Waals surface area contributed by atoms with Crippen LogP contribution >= 0.6 is 0 Å². The van der Waals surface area contributed by atoms with E-state index >= 15 is 0 Å². The summed E-state index contributed by atoms with van der Waals surface area (Å²) in [6.45, 7) is 4.50. The van der Waals surface area contributed by atoms with E-state index in [-0.39, 0.29) is 17.1 Å². The first-order chi connectivity index (χ1) is 7.96. The molecular weight excluding hydrogens is 305 g/mol. The van der Waals surface area contributed by atoms with Crippen LogP contribution in [0.15, 0.2) is 54.1 Å². The van der Waals surface area contributed by atoms with Gasteiger partial charge in [0, 0.05) is 17.1 Å². The zero-order valence-corrected chi connectivity index (χ0v) is 9.62. The van der Waals surface area contributed by atoms with Gasteiger partial charge in [-0.1, -0.05) is 0 Å². The van der Waals surface area contributed by atoms with Gasteiger partial charge in [0.2, 0.25) is 11.7 Å². The SMILES string of the molecule is FC(F)=C(F)C(F)=C(F)F.[C-]#[O+].[Mn].c1cc[cH-]c1. The molecule has 1 radical (unpaired) electrons. The molecule has 0 saturated carbocycles. The Hall–Kier alpha value is -1.33. The maximum Gasteiger partial charge on any atom is 0 e. The Morgan fingerprint density at radius 2 is 1.06 bits per heavy atom. The molecule has 0 aromatic heterocycles. The van der Waals surface area contributed by atoms with Crippen LogP contribution in [0.2, 0.25) is 0 Å². The predicted octanol–water partition coefficient (Wildman–Crippen LogP) is 4.51. The second kappa shape index (κ2) is 13.7. The van der Waals surface area contributed by atoms with Gasteiger partial charge in [0.25, 0.3) is 0 Å². The first kappa shape index (κ1) is 21.9. The van der Waals surface area contributed by atoms with Gasteiger partial charge in [-0.05, 0) is 0 Å². The summed E-state index contributed by atoms with van der Waals surface area (Å²) in [5, 5.41) is 0. The molecule has 1 aromatic rings. The van der Waals surface area contributed by atoms with Crippen molar-refractivity contribution in [2.45, 2.75) is 0 Å². The Balaban J connectivity index is -0.000000236. The minimum absolute atomic E-state index is 0. The fourth-order valence-corrected chi connectivity index (χ4v) is 0.487. The van der Waals surface area contributed by atoms with Crippen LogP contribution in [-0.2, 0) is 21.7 Å². The van der Waals surface area contributed by atoms with E-state index in [0.29, 0.717) is 0 Å². The minimum Gasteiger partial charge on any atom is -0.214 e. The summed E-state index contributed by atoms with van der Waals surface area (Å²) in [6.07, 6.45) is -6.21. The van der Waals surface area contributed by atoms with Gasteiger partial charge in [-0.15, -0.1) is 0 Å². The number of hydrogen-bond acceptors (Lipinski definition) is 0. The molecule has 0 N–H and O–H groups in total. The van der Waals surface area contributed by atoms with Crippen LogP contribution in [-0.4, -0.2) is 0 Å². The summed E-state index contributed by atoms with van der Waals surface area (Å²) >= 11 is 0. The topological polar surface area (TPSA) is 19.9 Å². The molecule has 0 unspecified atom stereocenters. The maximum absolute atomic E-state index is 11.4. The number of halogens is 6. The molecule has 18 heavy (non-hydrogen) atoms. The zero-order chi connectivity index (χ0) is 13.8. The van der Waals surface area contributed by atoms with Crippen LogP contribution in [0.4, 0.5) is 26.3 Å². The van der Waals surface area contributed by atoms with Gasteiger partial charge >= 0.3 is 23.5 Å². The van der Waals surface area contributed by atoms with Crippen molar-refractivity contribution >= 4 is 0 Å². The van der Waals surface area contributed by atoms with Crippen molar-refractivity contribution in [3.05, 3.63) is 60.8 Å². The van der Waals surface area contributed by atoms with Gasteiger partial charge in [-0.3, -0.25) is 0 Å². The van der Waals surface area contributed by atoms with E-state index < -0.39 is 23.8 Å².